The van der Waals surface area contributed by atoms with Crippen LogP contribution in [0.25, 0.3) is 6.08 Å². The number of ether oxygens (including phenoxy) is 2. The van der Waals surface area contributed by atoms with Gasteiger partial charge in [0.25, 0.3) is 5.91 Å². The molecule has 0 aliphatic heterocycles. The maximum absolute atomic E-state index is 12.9. The summed E-state index contributed by atoms with van der Waals surface area (Å²) in [4.78, 5) is 12.5. The first-order chi connectivity index (χ1) is 16.6. The van der Waals surface area contributed by atoms with Crippen LogP contribution in [-0.2, 0) is 17.6 Å². The van der Waals surface area contributed by atoms with E-state index in [0.717, 1.165) is 29.3 Å². The average molecular weight is 501 g/mol. The quantitative estimate of drug-likeness (QED) is 0.286. The zero-order chi connectivity index (χ0) is 25.6. The molecule has 0 saturated carbocycles. The summed E-state index contributed by atoms with van der Waals surface area (Å²) in [6.07, 6.45) is -3.31. The van der Waals surface area contributed by atoms with Crippen molar-refractivity contribution >= 4 is 29.3 Å². The third kappa shape index (κ3) is 6.78. The highest BCUT2D eigenvalue weighted by Gasteiger charge is 2.30. The van der Waals surface area contributed by atoms with Crippen molar-refractivity contribution in [3.63, 3.8) is 0 Å². The summed E-state index contributed by atoms with van der Waals surface area (Å²) in [6.45, 7) is 2.22. The number of nitrogens with one attached hydrogen (secondary N) is 1. The SMILES string of the molecule is COc1cc(/C=C(\C#N)C(=O)Nc2cccc(C(F)(F)F)c2)cc(Cl)c1OCc1ccc(C)cc1. The first kappa shape index (κ1) is 25.7. The number of nitrogens with zero attached hydrogens (tertiary/aromatic N) is 1. The molecule has 5 nitrogen and oxygen atoms in total. The lowest BCUT2D eigenvalue weighted by Crippen LogP contribution is -2.14. The topological polar surface area (TPSA) is 71.3 Å². The van der Waals surface area contributed by atoms with Gasteiger partial charge in [-0.2, -0.15) is 18.4 Å². The standard InChI is InChI=1S/C26H20ClF3N2O3/c1-16-6-8-17(9-7-16)15-35-24-22(27)11-18(12-23(24)34-2)10-19(14-31)25(33)32-21-5-3-4-20(13-21)26(28,29)30/h3-13H,15H2,1-2H3,(H,32,33)/b19-10+. The van der Waals surface area contributed by atoms with Crippen LogP contribution in [0.1, 0.15) is 22.3 Å². The molecule has 0 aliphatic carbocycles. The fraction of sp³-hybridized carbons (Fsp3) is 0.154. The second-order valence-electron chi connectivity index (χ2n) is 7.51. The first-order valence-corrected chi connectivity index (χ1v) is 10.6. The van der Waals surface area contributed by atoms with Crippen molar-refractivity contribution in [2.24, 2.45) is 0 Å². The molecule has 0 spiro atoms. The van der Waals surface area contributed by atoms with Gasteiger partial charge in [0.05, 0.1) is 17.7 Å². The van der Waals surface area contributed by atoms with Crippen LogP contribution in [0.15, 0.2) is 66.2 Å². The Morgan fingerprint density at radius 2 is 1.86 bits per heavy atom. The Kier molecular flexibility index (Phi) is 8.05. The Labute approximate surface area is 205 Å². The first-order valence-electron chi connectivity index (χ1n) is 10.3. The van der Waals surface area contributed by atoms with Gasteiger partial charge in [0.1, 0.15) is 18.2 Å². The maximum atomic E-state index is 12.9. The molecule has 3 rings (SSSR count). The average Bonchev–Trinajstić information content (AvgIpc) is 2.82. The largest absolute Gasteiger partial charge is 0.493 e. The van der Waals surface area contributed by atoms with Crippen molar-refractivity contribution < 1.29 is 27.4 Å². The number of alkyl halides is 3. The minimum absolute atomic E-state index is 0.0959. The van der Waals surface area contributed by atoms with Crippen molar-refractivity contribution in [2.75, 3.05) is 12.4 Å². The van der Waals surface area contributed by atoms with Gasteiger partial charge in [0, 0.05) is 5.69 Å². The predicted molar refractivity (Wildman–Crippen MR) is 127 cm³/mol. The fourth-order valence-corrected chi connectivity index (χ4v) is 3.36. The summed E-state index contributed by atoms with van der Waals surface area (Å²) in [6, 6.07) is 16.7. The van der Waals surface area contributed by atoms with Crippen molar-refractivity contribution in [1.29, 1.82) is 5.26 Å². The second-order valence-corrected chi connectivity index (χ2v) is 7.92. The molecular weight excluding hydrogens is 481 g/mol. The Bertz CT molecular complexity index is 1300. The van der Waals surface area contributed by atoms with Crippen molar-refractivity contribution in [3.05, 3.63) is 93.5 Å². The van der Waals surface area contributed by atoms with Crippen LogP contribution in [0.4, 0.5) is 18.9 Å². The lowest BCUT2D eigenvalue weighted by Gasteiger charge is -2.14. The minimum Gasteiger partial charge on any atom is -0.493 e. The van der Waals surface area contributed by atoms with Crippen molar-refractivity contribution in [1.82, 2.24) is 0 Å². The van der Waals surface area contributed by atoms with E-state index in [1.807, 2.05) is 31.2 Å². The summed E-state index contributed by atoms with van der Waals surface area (Å²) in [5.41, 5.74) is 1.05. The van der Waals surface area contributed by atoms with E-state index in [-0.39, 0.29) is 28.6 Å². The number of hydrogen-bond donors (Lipinski definition) is 1. The van der Waals surface area contributed by atoms with Gasteiger partial charge in [-0.3, -0.25) is 4.79 Å². The van der Waals surface area contributed by atoms with Crippen LogP contribution in [0, 0.1) is 18.3 Å². The highest BCUT2D eigenvalue weighted by atomic mass is 35.5. The lowest BCUT2D eigenvalue weighted by atomic mass is 10.1. The van der Waals surface area contributed by atoms with Gasteiger partial charge in [-0.15, -0.1) is 0 Å². The highest BCUT2D eigenvalue weighted by molar-refractivity contribution is 6.32. The van der Waals surface area contributed by atoms with Gasteiger partial charge >= 0.3 is 6.18 Å². The summed E-state index contributed by atoms with van der Waals surface area (Å²) in [7, 11) is 1.42. The number of aryl methyl sites for hydroxylation is 1. The van der Waals surface area contributed by atoms with Gasteiger partial charge in [-0.1, -0.05) is 47.5 Å². The molecule has 0 bridgehead atoms. The third-order valence-electron chi connectivity index (χ3n) is 4.88. The molecule has 35 heavy (non-hydrogen) atoms. The number of nitriles is 1. The molecule has 0 fully saturated rings. The molecule has 0 saturated heterocycles. The maximum Gasteiger partial charge on any atom is 0.416 e. The van der Waals surface area contributed by atoms with Crippen LogP contribution in [0.5, 0.6) is 11.5 Å². The normalized spacial score (nSPS) is 11.5. The van der Waals surface area contributed by atoms with Gasteiger partial charge in [0.2, 0.25) is 0 Å². The second kappa shape index (κ2) is 11.0. The number of benzene rings is 3. The van der Waals surface area contributed by atoms with Crippen molar-refractivity contribution in [3.8, 4) is 17.6 Å². The number of hydrogen-bond acceptors (Lipinski definition) is 4. The monoisotopic (exact) mass is 500 g/mol. The number of anilines is 1. The predicted octanol–water partition coefficient (Wildman–Crippen LogP) is 6.80. The zero-order valence-electron chi connectivity index (χ0n) is 18.7. The zero-order valence-corrected chi connectivity index (χ0v) is 19.5. The lowest BCUT2D eigenvalue weighted by molar-refractivity contribution is -0.137. The summed E-state index contributed by atoms with van der Waals surface area (Å²) < 4.78 is 49.9. The Morgan fingerprint density at radius 3 is 2.49 bits per heavy atom. The van der Waals surface area contributed by atoms with Crippen molar-refractivity contribution in [2.45, 2.75) is 19.7 Å². The number of carbonyl (C=O) groups is 1. The van der Waals surface area contributed by atoms with Crippen LogP contribution >= 0.6 is 11.6 Å². The van der Waals surface area contributed by atoms with Gasteiger partial charge in [0.15, 0.2) is 11.5 Å². The molecule has 1 amide bonds. The fourth-order valence-electron chi connectivity index (χ4n) is 3.09. The Hall–Kier alpha value is -3.96. The molecule has 0 unspecified atom stereocenters. The molecular formula is C26H20ClF3N2O3. The molecule has 0 heterocycles. The highest BCUT2D eigenvalue weighted by Crippen LogP contribution is 2.37. The van der Waals surface area contributed by atoms with Gasteiger partial charge in [-0.05, 0) is 54.5 Å². The van der Waals surface area contributed by atoms with Crippen LogP contribution < -0.4 is 14.8 Å². The molecule has 3 aromatic rings. The Balaban J connectivity index is 1.81. The number of amides is 1. The van der Waals surface area contributed by atoms with Crippen LogP contribution in [0.3, 0.4) is 0 Å². The van der Waals surface area contributed by atoms with E-state index in [9.17, 15) is 23.2 Å². The number of methoxy groups -OCH3 is 1. The molecule has 9 heteroatoms. The third-order valence-corrected chi connectivity index (χ3v) is 5.16. The molecule has 0 atom stereocenters. The molecule has 3 aromatic carbocycles. The van der Waals surface area contributed by atoms with E-state index in [2.05, 4.69) is 5.32 Å². The Morgan fingerprint density at radius 1 is 1.14 bits per heavy atom. The molecule has 0 radical (unpaired) electrons. The summed E-state index contributed by atoms with van der Waals surface area (Å²) in [5.74, 6) is -0.299. The molecule has 0 aliphatic rings. The minimum atomic E-state index is -4.56. The number of carbonyl (C=O) groups excluding carboxylic acids is 1. The molecule has 0 aromatic heterocycles. The van der Waals surface area contributed by atoms with E-state index < -0.39 is 17.6 Å². The smallest absolute Gasteiger partial charge is 0.416 e. The van der Waals surface area contributed by atoms with E-state index in [1.54, 1.807) is 6.07 Å². The van der Waals surface area contributed by atoms with E-state index in [4.69, 9.17) is 21.1 Å². The van der Waals surface area contributed by atoms with E-state index in [0.29, 0.717) is 11.3 Å². The summed E-state index contributed by atoms with van der Waals surface area (Å²) >= 11 is 6.38. The number of rotatable bonds is 7. The van der Waals surface area contributed by atoms with Gasteiger partial charge < -0.3 is 14.8 Å². The van der Waals surface area contributed by atoms with E-state index >= 15 is 0 Å². The van der Waals surface area contributed by atoms with Crippen LogP contribution in [-0.4, -0.2) is 13.0 Å². The summed E-state index contributed by atoms with van der Waals surface area (Å²) in [5, 5.41) is 11.9. The van der Waals surface area contributed by atoms with Crippen LogP contribution in [0.2, 0.25) is 5.02 Å². The number of halogens is 4. The molecule has 180 valence electrons. The van der Waals surface area contributed by atoms with Gasteiger partial charge in [-0.25, -0.2) is 0 Å². The molecule has 1 N–H and O–H groups in total. The van der Waals surface area contributed by atoms with E-state index in [1.165, 1.54) is 31.4 Å².